The van der Waals surface area contributed by atoms with Crippen molar-refractivity contribution in [3.63, 3.8) is 0 Å². The maximum atomic E-state index is 5.81. The van der Waals surface area contributed by atoms with Crippen molar-refractivity contribution in [2.75, 3.05) is 13.4 Å². The van der Waals surface area contributed by atoms with Gasteiger partial charge in [-0.1, -0.05) is 31.4 Å². The van der Waals surface area contributed by atoms with Gasteiger partial charge in [0.1, 0.15) is 5.60 Å². The highest BCUT2D eigenvalue weighted by atomic mass is 32.2. The highest BCUT2D eigenvalue weighted by molar-refractivity contribution is 7.98. The van der Waals surface area contributed by atoms with Crippen LogP contribution in [0.3, 0.4) is 0 Å². The van der Waals surface area contributed by atoms with E-state index in [2.05, 4.69) is 24.5 Å². The largest absolute Gasteiger partial charge is 0.344 e. The Hall–Kier alpha value is -0.810. The Kier molecular flexibility index (Phi) is 4.41. The molecule has 1 aliphatic heterocycles. The van der Waals surface area contributed by atoms with E-state index in [0.717, 1.165) is 18.4 Å². The third-order valence-electron chi connectivity index (χ3n) is 4.43. The highest BCUT2D eigenvalue weighted by Gasteiger charge is 2.43. The van der Waals surface area contributed by atoms with Crippen LogP contribution >= 0.6 is 11.8 Å². The smallest absolute Gasteiger partial charge is 0.246 e. The minimum Gasteiger partial charge on any atom is -0.344 e. The molecule has 0 N–H and O–H groups in total. The monoisotopic (exact) mass is 306 g/mol. The van der Waals surface area contributed by atoms with Crippen molar-refractivity contribution in [3.05, 3.63) is 42.0 Å². The van der Waals surface area contributed by atoms with E-state index in [4.69, 9.17) is 14.5 Å². The summed E-state index contributed by atoms with van der Waals surface area (Å²) in [4.78, 5) is 12.8. The molecule has 0 aromatic heterocycles. The standard InChI is InChI=1S/C17H22O3S/c1-18-17(14-6-8-15(21-2)9-7-14)13-12-16(19-20-17)10-4-3-5-11-16/h6-9,12-13H,3-5,10-11H2,1-2H3. The lowest BCUT2D eigenvalue weighted by atomic mass is 9.83. The second kappa shape index (κ2) is 6.13. The van der Waals surface area contributed by atoms with Crippen LogP contribution in [-0.2, 0) is 20.3 Å². The molecule has 0 amide bonds. The molecule has 114 valence electrons. The van der Waals surface area contributed by atoms with Crippen LogP contribution < -0.4 is 0 Å². The topological polar surface area (TPSA) is 27.7 Å². The number of rotatable bonds is 3. The summed E-state index contributed by atoms with van der Waals surface area (Å²) in [6.07, 6.45) is 11.9. The second-order valence-electron chi connectivity index (χ2n) is 5.73. The number of methoxy groups -OCH3 is 1. The number of hydrogen-bond acceptors (Lipinski definition) is 4. The van der Waals surface area contributed by atoms with Crippen molar-refractivity contribution in [3.8, 4) is 0 Å². The Morgan fingerprint density at radius 3 is 2.24 bits per heavy atom. The molecule has 1 aromatic rings. The molecule has 1 aliphatic carbocycles. The van der Waals surface area contributed by atoms with Gasteiger partial charge in [0, 0.05) is 17.6 Å². The first kappa shape index (κ1) is 15.1. The molecular weight excluding hydrogens is 284 g/mol. The lowest BCUT2D eigenvalue weighted by molar-refractivity contribution is -0.459. The van der Waals surface area contributed by atoms with Gasteiger partial charge in [0.15, 0.2) is 0 Å². The van der Waals surface area contributed by atoms with E-state index in [9.17, 15) is 0 Å². The van der Waals surface area contributed by atoms with Gasteiger partial charge < -0.3 is 4.74 Å². The average Bonchev–Trinajstić information content (AvgIpc) is 2.57. The molecule has 2 aliphatic rings. The van der Waals surface area contributed by atoms with Gasteiger partial charge in [-0.2, -0.15) is 4.89 Å². The van der Waals surface area contributed by atoms with Crippen LogP contribution in [-0.4, -0.2) is 19.0 Å². The minimum atomic E-state index is -0.931. The summed E-state index contributed by atoms with van der Waals surface area (Å²) >= 11 is 1.72. The summed E-state index contributed by atoms with van der Waals surface area (Å²) in [5.74, 6) is -0.931. The molecule has 1 heterocycles. The fourth-order valence-electron chi connectivity index (χ4n) is 3.05. The third-order valence-corrected chi connectivity index (χ3v) is 5.18. The first-order chi connectivity index (χ1) is 10.2. The maximum absolute atomic E-state index is 5.81. The van der Waals surface area contributed by atoms with Crippen molar-refractivity contribution >= 4 is 11.8 Å². The molecule has 3 nitrogen and oxygen atoms in total. The summed E-state index contributed by atoms with van der Waals surface area (Å²) in [5.41, 5.74) is 0.698. The zero-order chi connectivity index (χ0) is 14.8. The normalized spacial score (nSPS) is 27.9. The van der Waals surface area contributed by atoms with Gasteiger partial charge in [-0.3, -0.25) is 0 Å². The van der Waals surface area contributed by atoms with E-state index in [1.165, 1.54) is 24.2 Å². The van der Waals surface area contributed by atoms with Crippen LogP contribution in [0.25, 0.3) is 0 Å². The molecule has 3 rings (SSSR count). The molecule has 0 bridgehead atoms. The molecule has 4 heteroatoms. The Labute approximate surface area is 130 Å². The summed E-state index contributed by atoms with van der Waals surface area (Å²) < 4.78 is 5.63. The van der Waals surface area contributed by atoms with Crippen LogP contribution in [0.5, 0.6) is 0 Å². The van der Waals surface area contributed by atoms with Crippen LogP contribution in [0.1, 0.15) is 37.7 Å². The molecule has 21 heavy (non-hydrogen) atoms. The Morgan fingerprint density at radius 1 is 1.00 bits per heavy atom. The number of ether oxygens (including phenoxy) is 1. The van der Waals surface area contributed by atoms with Crippen LogP contribution in [0.15, 0.2) is 41.3 Å². The number of benzene rings is 1. The van der Waals surface area contributed by atoms with Crippen LogP contribution in [0, 0.1) is 0 Å². The molecule has 1 saturated carbocycles. The minimum absolute atomic E-state index is 0.251. The highest BCUT2D eigenvalue weighted by Crippen LogP contribution is 2.42. The zero-order valence-corrected chi connectivity index (χ0v) is 13.4. The summed E-state index contributed by atoms with van der Waals surface area (Å²) in [6, 6.07) is 8.20. The maximum Gasteiger partial charge on any atom is 0.246 e. The Balaban J connectivity index is 1.86. The summed E-state index contributed by atoms with van der Waals surface area (Å²) in [7, 11) is 1.65. The molecule has 0 saturated heterocycles. The van der Waals surface area contributed by atoms with Crippen molar-refractivity contribution in [2.24, 2.45) is 0 Å². The van der Waals surface area contributed by atoms with Gasteiger partial charge in [-0.05, 0) is 43.4 Å². The van der Waals surface area contributed by atoms with Gasteiger partial charge in [0.2, 0.25) is 5.79 Å². The SMILES string of the molecule is COC1(c2ccc(SC)cc2)C=CC2(CCCCC2)OO1. The zero-order valence-electron chi connectivity index (χ0n) is 12.6. The van der Waals surface area contributed by atoms with Crippen molar-refractivity contribution < 1.29 is 14.5 Å². The van der Waals surface area contributed by atoms with Gasteiger partial charge in [0.05, 0.1) is 0 Å². The number of thioether (sulfide) groups is 1. The second-order valence-corrected chi connectivity index (χ2v) is 6.61. The Morgan fingerprint density at radius 2 is 1.71 bits per heavy atom. The van der Waals surface area contributed by atoms with Crippen molar-refractivity contribution in [1.29, 1.82) is 0 Å². The van der Waals surface area contributed by atoms with Crippen LogP contribution in [0.4, 0.5) is 0 Å². The van der Waals surface area contributed by atoms with E-state index >= 15 is 0 Å². The quantitative estimate of drug-likeness (QED) is 0.469. The average molecular weight is 306 g/mol. The van der Waals surface area contributed by atoms with Crippen LogP contribution in [0.2, 0.25) is 0 Å². The Bertz CT molecular complexity index is 505. The third kappa shape index (κ3) is 2.90. The molecule has 0 radical (unpaired) electrons. The van der Waals surface area contributed by atoms with Crippen molar-refractivity contribution in [1.82, 2.24) is 0 Å². The predicted molar refractivity (Wildman–Crippen MR) is 84.0 cm³/mol. The van der Waals surface area contributed by atoms with Gasteiger partial charge >= 0.3 is 0 Å². The fourth-order valence-corrected chi connectivity index (χ4v) is 3.46. The van der Waals surface area contributed by atoms with Crippen molar-refractivity contribution in [2.45, 2.75) is 48.4 Å². The van der Waals surface area contributed by atoms with Gasteiger partial charge in [0.25, 0.3) is 0 Å². The fraction of sp³-hybridized carbons (Fsp3) is 0.529. The van der Waals surface area contributed by atoms with E-state index in [1.807, 2.05) is 18.2 Å². The molecule has 1 unspecified atom stereocenters. The molecule has 1 atom stereocenters. The first-order valence-corrected chi connectivity index (χ1v) is 8.71. The molecule has 1 aromatic carbocycles. The lowest BCUT2D eigenvalue weighted by Gasteiger charge is -2.41. The first-order valence-electron chi connectivity index (χ1n) is 7.49. The summed E-state index contributed by atoms with van der Waals surface area (Å²) in [6.45, 7) is 0. The lowest BCUT2D eigenvalue weighted by Crippen LogP contribution is -2.43. The van der Waals surface area contributed by atoms with Gasteiger partial charge in [-0.15, -0.1) is 11.8 Å². The van der Waals surface area contributed by atoms with Gasteiger partial charge in [-0.25, -0.2) is 4.89 Å². The van der Waals surface area contributed by atoms with E-state index in [0.29, 0.717) is 0 Å². The van der Waals surface area contributed by atoms with E-state index in [-0.39, 0.29) is 5.60 Å². The number of hydrogen-bond donors (Lipinski definition) is 0. The predicted octanol–water partition coefficient (Wildman–Crippen LogP) is 4.43. The molecule has 1 fully saturated rings. The van der Waals surface area contributed by atoms with E-state index < -0.39 is 5.79 Å². The molecular formula is C17H22O3S. The molecule has 1 spiro atoms. The van der Waals surface area contributed by atoms with E-state index in [1.54, 1.807) is 18.9 Å². The summed E-state index contributed by atoms with van der Waals surface area (Å²) in [5, 5.41) is 0.